The number of aromatic amines is 1. The molecule has 0 atom stereocenters. The average molecular weight is 327 g/mol. The Morgan fingerprint density at radius 3 is 2.71 bits per heavy atom. The highest BCUT2D eigenvalue weighted by atomic mass is 19.1. The van der Waals surface area contributed by atoms with Gasteiger partial charge < -0.3 is 20.4 Å². The molecule has 0 unspecified atom stereocenters. The first kappa shape index (κ1) is 15.5. The quantitative estimate of drug-likeness (QED) is 0.690. The largest absolute Gasteiger partial charge is 0.495 e. The second-order valence-electron chi connectivity index (χ2n) is 5.02. The van der Waals surface area contributed by atoms with Crippen molar-refractivity contribution in [2.45, 2.75) is 0 Å². The fraction of sp³-hybridized carbons (Fsp3) is 0.0588. The van der Waals surface area contributed by atoms with Crippen LogP contribution in [-0.4, -0.2) is 18.1 Å². The second-order valence-corrected chi connectivity index (χ2v) is 5.02. The minimum atomic E-state index is -0.627. The molecule has 0 aliphatic carbocycles. The molecule has 0 fully saturated rings. The number of aromatic nitrogens is 1. The molecule has 2 amide bonds. The number of para-hydroxylation sites is 2. The summed E-state index contributed by atoms with van der Waals surface area (Å²) in [5, 5.41) is 5.66. The number of fused-ring (bicyclic) bond motifs is 1. The Morgan fingerprint density at radius 2 is 1.92 bits per heavy atom. The smallest absolute Gasteiger partial charge is 0.323 e. The van der Waals surface area contributed by atoms with Gasteiger partial charge in [0, 0.05) is 17.1 Å². The van der Waals surface area contributed by atoms with Crippen molar-refractivity contribution in [1.29, 1.82) is 0 Å². The van der Waals surface area contributed by atoms with Crippen molar-refractivity contribution in [3.63, 3.8) is 0 Å². The normalized spacial score (nSPS) is 10.4. The van der Waals surface area contributed by atoms with Gasteiger partial charge in [-0.3, -0.25) is 4.79 Å². The van der Waals surface area contributed by atoms with E-state index in [1.54, 1.807) is 30.3 Å². The number of pyridine rings is 1. The van der Waals surface area contributed by atoms with E-state index in [0.717, 1.165) is 6.07 Å². The number of anilines is 2. The summed E-state index contributed by atoms with van der Waals surface area (Å²) in [4.78, 5) is 25.8. The minimum Gasteiger partial charge on any atom is -0.495 e. The number of hydrogen-bond donors (Lipinski definition) is 3. The van der Waals surface area contributed by atoms with E-state index in [-0.39, 0.29) is 11.2 Å². The monoisotopic (exact) mass is 327 g/mol. The van der Waals surface area contributed by atoms with Gasteiger partial charge in [-0.15, -0.1) is 0 Å². The van der Waals surface area contributed by atoms with Gasteiger partial charge in [-0.1, -0.05) is 12.1 Å². The number of benzene rings is 2. The first-order valence-electron chi connectivity index (χ1n) is 7.10. The number of hydrogen-bond acceptors (Lipinski definition) is 3. The summed E-state index contributed by atoms with van der Waals surface area (Å²) >= 11 is 0. The van der Waals surface area contributed by atoms with Gasteiger partial charge in [0.2, 0.25) is 5.56 Å². The van der Waals surface area contributed by atoms with E-state index in [9.17, 15) is 14.0 Å². The molecule has 0 aliphatic heterocycles. The molecular formula is C17H14FN3O3. The highest BCUT2D eigenvalue weighted by Crippen LogP contribution is 2.24. The van der Waals surface area contributed by atoms with Crippen molar-refractivity contribution in [2.75, 3.05) is 17.7 Å². The number of methoxy groups -OCH3 is 1. The number of halogens is 1. The maximum atomic E-state index is 14.1. The minimum absolute atomic E-state index is 0.0955. The van der Waals surface area contributed by atoms with E-state index in [4.69, 9.17) is 4.74 Å². The summed E-state index contributed by atoms with van der Waals surface area (Å²) in [5.74, 6) is -0.118. The van der Waals surface area contributed by atoms with Crippen LogP contribution in [0.5, 0.6) is 5.75 Å². The molecule has 1 heterocycles. The Balaban J connectivity index is 1.83. The van der Waals surface area contributed by atoms with Crippen LogP contribution in [0.4, 0.5) is 20.6 Å². The lowest BCUT2D eigenvalue weighted by Crippen LogP contribution is -2.20. The van der Waals surface area contributed by atoms with E-state index in [2.05, 4.69) is 15.6 Å². The SMILES string of the molecule is COc1ccccc1NC(=O)Nc1cc(F)c2[nH]c(=O)ccc2c1. The van der Waals surface area contributed by atoms with Gasteiger partial charge in [0.1, 0.15) is 11.6 Å². The molecule has 3 N–H and O–H groups in total. The van der Waals surface area contributed by atoms with Crippen LogP contribution in [0.25, 0.3) is 10.9 Å². The second kappa shape index (κ2) is 6.41. The van der Waals surface area contributed by atoms with Crippen LogP contribution >= 0.6 is 0 Å². The highest BCUT2D eigenvalue weighted by Gasteiger charge is 2.10. The van der Waals surface area contributed by atoms with Crippen molar-refractivity contribution in [3.05, 3.63) is 64.7 Å². The zero-order chi connectivity index (χ0) is 17.1. The van der Waals surface area contributed by atoms with Crippen molar-refractivity contribution >= 4 is 28.3 Å². The van der Waals surface area contributed by atoms with Gasteiger partial charge in [-0.05, 0) is 30.3 Å². The summed E-state index contributed by atoms with van der Waals surface area (Å²) in [6, 6.07) is 11.9. The van der Waals surface area contributed by atoms with Crippen LogP contribution in [0, 0.1) is 5.82 Å². The van der Waals surface area contributed by atoms with E-state index in [0.29, 0.717) is 16.8 Å². The topological polar surface area (TPSA) is 83.2 Å². The Hall–Kier alpha value is -3.35. The molecule has 3 aromatic rings. The molecular weight excluding hydrogens is 313 g/mol. The molecule has 2 aromatic carbocycles. The molecule has 0 radical (unpaired) electrons. The zero-order valence-corrected chi connectivity index (χ0v) is 12.7. The van der Waals surface area contributed by atoms with Crippen molar-refractivity contribution < 1.29 is 13.9 Å². The van der Waals surface area contributed by atoms with Gasteiger partial charge in [-0.25, -0.2) is 9.18 Å². The fourth-order valence-corrected chi connectivity index (χ4v) is 2.33. The summed E-state index contributed by atoms with van der Waals surface area (Å²) in [6.45, 7) is 0. The fourth-order valence-electron chi connectivity index (χ4n) is 2.33. The summed E-state index contributed by atoms with van der Waals surface area (Å²) in [7, 11) is 1.50. The highest BCUT2D eigenvalue weighted by molar-refractivity contribution is 6.01. The number of carbonyl (C=O) groups excluding carboxylic acids is 1. The first-order valence-corrected chi connectivity index (χ1v) is 7.10. The van der Waals surface area contributed by atoms with E-state index < -0.39 is 17.4 Å². The standard InChI is InChI=1S/C17H14FN3O3/c1-24-14-5-3-2-4-13(14)20-17(23)19-11-8-10-6-7-15(22)21-16(10)12(18)9-11/h2-9H,1H3,(H,21,22)(H2,19,20,23). The van der Waals surface area contributed by atoms with Crippen molar-refractivity contribution in [2.24, 2.45) is 0 Å². The first-order chi connectivity index (χ1) is 11.6. The number of amides is 2. The summed E-state index contributed by atoms with van der Waals surface area (Å²) in [5.41, 5.74) is 0.455. The van der Waals surface area contributed by atoms with Crippen LogP contribution in [-0.2, 0) is 0 Å². The third-order valence-electron chi connectivity index (χ3n) is 3.40. The number of H-pyrrole nitrogens is 1. The zero-order valence-electron chi connectivity index (χ0n) is 12.7. The van der Waals surface area contributed by atoms with Crippen LogP contribution in [0.2, 0.25) is 0 Å². The Labute approximate surface area is 136 Å². The predicted octanol–water partition coefficient (Wildman–Crippen LogP) is 3.32. The Bertz CT molecular complexity index is 969. The lowest BCUT2D eigenvalue weighted by Gasteiger charge is -2.11. The molecule has 0 saturated carbocycles. The van der Waals surface area contributed by atoms with Crippen molar-refractivity contribution in [1.82, 2.24) is 4.98 Å². The lowest BCUT2D eigenvalue weighted by atomic mass is 10.2. The average Bonchev–Trinajstić information content (AvgIpc) is 2.56. The third-order valence-corrected chi connectivity index (χ3v) is 3.40. The van der Waals surface area contributed by atoms with Gasteiger partial charge in [0.05, 0.1) is 18.3 Å². The van der Waals surface area contributed by atoms with Gasteiger partial charge >= 0.3 is 6.03 Å². The molecule has 0 bridgehead atoms. The summed E-state index contributed by atoms with van der Waals surface area (Å²) < 4.78 is 19.2. The van der Waals surface area contributed by atoms with E-state index in [1.165, 1.54) is 19.2 Å². The molecule has 0 spiro atoms. The Morgan fingerprint density at radius 1 is 1.12 bits per heavy atom. The van der Waals surface area contributed by atoms with Gasteiger partial charge in [0.15, 0.2) is 0 Å². The number of nitrogens with one attached hydrogen (secondary N) is 3. The van der Waals surface area contributed by atoms with Crippen LogP contribution < -0.4 is 20.9 Å². The van der Waals surface area contributed by atoms with Crippen LogP contribution in [0.3, 0.4) is 0 Å². The van der Waals surface area contributed by atoms with Crippen LogP contribution in [0.1, 0.15) is 0 Å². The molecule has 24 heavy (non-hydrogen) atoms. The molecule has 7 heteroatoms. The van der Waals surface area contributed by atoms with Crippen LogP contribution in [0.15, 0.2) is 53.3 Å². The third kappa shape index (κ3) is 3.19. The number of rotatable bonds is 3. The lowest BCUT2D eigenvalue weighted by molar-refractivity contribution is 0.262. The molecule has 122 valence electrons. The van der Waals surface area contributed by atoms with Crippen molar-refractivity contribution in [3.8, 4) is 5.75 Å². The maximum Gasteiger partial charge on any atom is 0.323 e. The molecule has 0 saturated heterocycles. The van der Waals surface area contributed by atoms with Gasteiger partial charge in [0.25, 0.3) is 0 Å². The Kier molecular flexibility index (Phi) is 4.15. The number of carbonyl (C=O) groups is 1. The van der Waals surface area contributed by atoms with E-state index >= 15 is 0 Å². The maximum absolute atomic E-state index is 14.1. The molecule has 6 nitrogen and oxygen atoms in total. The number of ether oxygens (including phenoxy) is 1. The summed E-state index contributed by atoms with van der Waals surface area (Å²) in [6.07, 6.45) is 0. The molecule has 3 rings (SSSR count). The predicted molar refractivity (Wildman–Crippen MR) is 90.2 cm³/mol. The molecule has 1 aromatic heterocycles. The molecule has 0 aliphatic rings. The van der Waals surface area contributed by atoms with E-state index in [1.807, 2.05) is 0 Å². The van der Waals surface area contributed by atoms with Gasteiger partial charge in [-0.2, -0.15) is 0 Å². The number of urea groups is 1.